The normalized spacial score (nSPS) is 37.3. The van der Waals surface area contributed by atoms with Crippen molar-refractivity contribution in [3.05, 3.63) is 10.1 Å². The predicted octanol–water partition coefficient (Wildman–Crippen LogP) is 0.660. The first kappa shape index (κ1) is 11.3. The largest absolute Gasteiger partial charge is 0.335 e. The van der Waals surface area contributed by atoms with Crippen LogP contribution < -0.4 is 5.32 Å². The van der Waals surface area contributed by atoms with Crippen molar-refractivity contribution >= 4 is 5.84 Å². The van der Waals surface area contributed by atoms with Crippen LogP contribution in [0.3, 0.4) is 0 Å². The van der Waals surface area contributed by atoms with E-state index in [1.165, 1.54) is 0 Å². The zero-order valence-electron chi connectivity index (χ0n) is 9.91. The van der Waals surface area contributed by atoms with E-state index in [2.05, 4.69) is 5.32 Å². The molecule has 2 heterocycles. The molecule has 0 amide bonds. The molecule has 0 aromatic heterocycles. The number of hydrogen-bond donors (Lipinski definition) is 2. The first-order valence-corrected chi connectivity index (χ1v) is 5.52. The zero-order chi connectivity index (χ0) is 12.1. The van der Waals surface area contributed by atoms with Crippen molar-refractivity contribution in [2.24, 2.45) is 5.41 Å². The van der Waals surface area contributed by atoms with Crippen molar-refractivity contribution < 1.29 is 4.92 Å². The summed E-state index contributed by atoms with van der Waals surface area (Å²) in [6.07, 6.45) is 0.689. The lowest BCUT2D eigenvalue weighted by Gasteiger charge is -2.48. The standard InChI is InChI=1S/C10H18N4O2/c1-9(2)6-10(3)12-4-5-13(10)8(11)7(9)14(15)16/h7,11-12H,4-6H2,1-3H3. The summed E-state index contributed by atoms with van der Waals surface area (Å²) in [5.41, 5.74) is -0.768. The van der Waals surface area contributed by atoms with Crippen LogP contribution in [0.25, 0.3) is 0 Å². The third kappa shape index (κ3) is 1.40. The predicted molar refractivity (Wildman–Crippen MR) is 60.0 cm³/mol. The number of piperidine rings is 1. The number of fused-ring (bicyclic) bond motifs is 1. The fourth-order valence-corrected chi connectivity index (χ4v) is 3.21. The smallest absolute Gasteiger partial charge is 0.274 e. The monoisotopic (exact) mass is 226 g/mol. The van der Waals surface area contributed by atoms with E-state index in [0.29, 0.717) is 13.0 Å². The second-order valence-corrected chi connectivity index (χ2v) is 5.59. The van der Waals surface area contributed by atoms with Gasteiger partial charge in [-0.3, -0.25) is 20.8 Å². The van der Waals surface area contributed by atoms with Gasteiger partial charge < -0.3 is 4.90 Å². The van der Waals surface area contributed by atoms with Gasteiger partial charge in [0.25, 0.3) is 6.04 Å². The van der Waals surface area contributed by atoms with Crippen molar-refractivity contribution in [1.29, 1.82) is 5.41 Å². The maximum Gasteiger partial charge on any atom is 0.274 e. The molecule has 2 rings (SSSR count). The molecular formula is C10H18N4O2. The van der Waals surface area contributed by atoms with Gasteiger partial charge in [-0.05, 0) is 13.3 Å². The molecule has 0 saturated carbocycles. The number of rotatable bonds is 1. The number of hydrogen-bond acceptors (Lipinski definition) is 4. The molecule has 0 aliphatic carbocycles. The molecule has 2 unspecified atom stereocenters. The third-order valence-corrected chi connectivity index (χ3v) is 3.74. The van der Waals surface area contributed by atoms with Gasteiger partial charge in [0.2, 0.25) is 0 Å². The Morgan fingerprint density at radius 1 is 1.56 bits per heavy atom. The Morgan fingerprint density at radius 3 is 2.75 bits per heavy atom. The number of nitro groups is 1. The van der Waals surface area contributed by atoms with Crippen LogP contribution in [0.4, 0.5) is 0 Å². The highest BCUT2D eigenvalue weighted by molar-refractivity contribution is 5.86. The Balaban J connectivity index is 2.39. The van der Waals surface area contributed by atoms with E-state index in [4.69, 9.17) is 5.41 Å². The molecule has 0 spiro atoms. The molecule has 2 saturated heterocycles. The van der Waals surface area contributed by atoms with Crippen LogP contribution in [0.1, 0.15) is 27.2 Å². The molecular weight excluding hydrogens is 208 g/mol. The molecule has 6 heteroatoms. The highest BCUT2D eigenvalue weighted by Gasteiger charge is 2.57. The lowest BCUT2D eigenvalue weighted by atomic mass is 9.72. The molecule has 0 aromatic rings. The zero-order valence-corrected chi connectivity index (χ0v) is 9.91. The summed E-state index contributed by atoms with van der Waals surface area (Å²) in [6.45, 7) is 7.25. The van der Waals surface area contributed by atoms with E-state index in [1.54, 1.807) is 0 Å². The van der Waals surface area contributed by atoms with Crippen molar-refractivity contribution in [3.8, 4) is 0 Å². The van der Waals surface area contributed by atoms with Gasteiger partial charge >= 0.3 is 0 Å². The van der Waals surface area contributed by atoms with E-state index >= 15 is 0 Å². The van der Waals surface area contributed by atoms with Crippen LogP contribution in [-0.2, 0) is 0 Å². The first-order valence-electron chi connectivity index (χ1n) is 5.52. The second kappa shape index (κ2) is 3.16. The SMILES string of the molecule is CC1(C)CC2(C)NCCN2C(=N)C1[N+](=O)[O-]. The molecule has 2 aliphatic heterocycles. The number of nitrogens with zero attached hydrogens (tertiary/aromatic N) is 2. The summed E-state index contributed by atoms with van der Waals surface area (Å²) in [4.78, 5) is 12.6. The van der Waals surface area contributed by atoms with Gasteiger partial charge in [-0.15, -0.1) is 0 Å². The van der Waals surface area contributed by atoms with Crippen LogP contribution in [-0.4, -0.2) is 40.5 Å². The Morgan fingerprint density at radius 2 is 2.19 bits per heavy atom. The molecule has 6 nitrogen and oxygen atoms in total. The summed E-state index contributed by atoms with van der Waals surface area (Å²) in [5.74, 6) is 0.147. The minimum absolute atomic E-state index is 0.147. The summed E-state index contributed by atoms with van der Waals surface area (Å²) in [6, 6.07) is -0.888. The van der Waals surface area contributed by atoms with E-state index in [0.717, 1.165) is 6.54 Å². The summed E-state index contributed by atoms with van der Waals surface area (Å²) in [7, 11) is 0. The fourth-order valence-electron chi connectivity index (χ4n) is 3.21. The molecule has 2 N–H and O–H groups in total. The summed E-state index contributed by atoms with van der Waals surface area (Å²) >= 11 is 0. The number of amidine groups is 1. The lowest BCUT2D eigenvalue weighted by molar-refractivity contribution is -0.525. The van der Waals surface area contributed by atoms with Crippen molar-refractivity contribution in [2.45, 2.75) is 38.9 Å². The maximum atomic E-state index is 11.1. The van der Waals surface area contributed by atoms with E-state index in [-0.39, 0.29) is 16.4 Å². The number of nitrogens with one attached hydrogen (secondary N) is 2. The lowest BCUT2D eigenvalue weighted by Crippen LogP contribution is -2.65. The highest BCUT2D eigenvalue weighted by atomic mass is 16.6. The Labute approximate surface area is 94.7 Å². The fraction of sp³-hybridized carbons (Fsp3) is 0.900. The van der Waals surface area contributed by atoms with Crippen molar-refractivity contribution in [2.75, 3.05) is 13.1 Å². The summed E-state index contributed by atoms with van der Waals surface area (Å²) < 4.78 is 0. The van der Waals surface area contributed by atoms with Gasteiger partial charge in [0.05, 0.1) is 5.66 Å². The van der Waals surface area contributed by atoms with Crippen LogP contribution in [0.5, 0.6) is 0 Å². The van der Waals surface area contributed by atoms with Gasteiger partial charge in [0, 0.05) is 23.4 Å². The average Bonchev–Trinajstić information content (AvgIpc) is 2.42. The van der Waals surface area contributed by atoms with Gasteiger partial charge in [0.1, 0.15) is 0 Å². The Bertz CT molecular complexity index is 355. The molecule has 0 radical (unpaired) electrons. The molecule has 16 heavy (non-hydrogen) atoms. The molecule has 2 fully saturated rings. The van der Waals surface area contributed by atoms with Crippen LogP contribution in [0.15, 0.2) is 0 Å². The van der Waals surface area contributed by atoms with E-state index < -0.39 is 11.5 Å². The molecule has 2 aliphatic rings. The van der Waals surface area contributed by atoms with Gasteiger partial charge in [-0.1, -0.05) is 13.8 Å². The quantitative estimate of drug-likeness (QED) is 0.508. The minimum atomic E-state index is -0.888. The summed E-state index contributed by atoms with van der Waals surface area (Å²) in [5, 5.41) is 22.5. The van der Waals surface area contributed by atoms with Crippen LogP contribution >= 0.6 is 0 Å². The Kier molecular flexibility index (Phi) is 2.24. The molecule has 0 aromatic carbocycles. The van der Waals surface area contributed by atoms with Crippen LogP contribution in [0.2, 0.25) is 0 Å². The maximum absolute atomic E-state index is 11.1. The van der Waals surface area contributed by atoms with Gasteiger partial charge in [-0.25, -0.2) is 0 Å². The molecule has 2 atom stereocenters. The van der Waals surface area contributed by atoms with Gasteiger partial charge in [0.15, 0.2) is 5.84 Å². The third-order valence-electron chi connectivity index (χ3n) is 3.74. The highest BCUT2D eigenvalue weighted by Crippen LogP contribution is 2.42. The Hall–Kier alpha value is -1.17. The van der Waals surface area contributed by atoms with Crippen molar-refractivity contribution in [3.63, 3.8) is 0 Å². The van der Waals surface area contributed by atoms with Gasteiger partial charge in [-0.2, -0.15) is 0 Å². The van der Waals surface area contributed by atoms with Crippen molar-refractivity contribution in [1.82, 2.24) is 10.2 Å². The molecule has 90 valence electrons. The topological polar surface area (TPSA) is 82.3 Å². The van der Waals surface area contributed by atoms with Crippen LogP contribution in [0, 0.1) is 20.9 Å². The second-order valence-electron chi connectivity index (χ2n) is 5.59. The average molecular weight is 226 g/mol. The molecule has 0 bridgehead atoms. The van der Waals surface area contributed by atoms with E-state index in [9.17, 15) is 10.1 Å². The van der Waals surface area contributed by atoms with E-state index in [1.807, 2.05) is 25.7 Å². The minimum Gasteiger partial charge on any atom is -0.335 e. The first-order chi connectivity index (χ1) is 7.28.